The number of nitrogens with zero attached hydrogens (tertiary/aromatic N) is 4. The fourth-order valence-corrected chi connectivity index (χ4v) is 5.23. The Morgan fingerprint density at radius 3 is 2.73 bits per heavy atom. The SMILES string of the molecule is CCC(=O)N1CCN(c2cc(C3NNC4CCC(OC5(C)CC5)CC43)ncn2)CC1. The number of anilines is 1. The molecule has 0 spiro atoms. The van der Waals surface area contributed by atoms with E-state index in [1.54, 1.807) is 6.33 Å². The summed E-state index contributed by atoms with van der Waals surface area (Å²) in [5.41, 5.74) is 8.19. The number of carbonyl (C=O) groups is 1. The normalized spacial score (nSPS) is 32.7. The molecule has 2 aliphatic carbocycles. The van der Waals surface area contributed by atoms with E-state index in [2.05, 4.69) is 38.7 Å². The summed E-state index contributed by atoms with van der Waals surface area (Å²) in [6, 6.07) is 2.79. The largest absolute Gasteiger partial charge is 0.372 e. The molecule has 4 unspecified atom stereocenters. The van der Waals surface area contributed by atoms with Gasteiger partial charge in [0, 0.05) is 50.6 Å². The van der Waals surface area contributed by atoms with E-state index < -0.39 is 0 Å². The van der Waals surface area contributed by atoms with Gasteiger partial charge >= 0.3 is 0 Å². The van der Waals surface area contributed by atoms with Crippen LogP contribution in [-0.4, -0.2) is 64.7 Å². The second kappa shape index (κ2) is 8.05. The highest BCUT2D eigenvalue weighted by molar-refractivity contribution is 5.76. The molecule has 0 bridgehead atoms. The number of hydrogen-bond donors (Lipinski definition) is 2. The van der Waals surface area contributed by atoms with Gasteiger partial charge in [-0.15, -0.1) is 0 Å². The summed E-state index contributed by atoms with van der Waals surface area (Å²) in [4.78, 5) is 25.3. The molecule has 0 aromatic carbocycles. The third-order valence-corrected chi connectivity index (χ3v) is 7.36. The third-order valence-electron chi connectivity index (χ3n) is 7.36. The topological polar surface area (TPSA) is 82.6 Å². The molecular weight excluding hydrogens is 380 g/mol. The van der Waals surface area contributed by atoms with Crippen LogP contribution in [0.5, 0.6) is 0 Å². The van der Waals surface area contributed by atoms with E-state index in [0.29, 0.717) is 24.5 Å². The molecule has 1 aromatic rings. The summed E-state index contributed by atoms with van der Waals surface area (Å²) in [7, 11) is 0. The second-order valence-electron chi connectivity index (χ2n) is 9.56. The first-order valence-electron chi connectivity index (χ1n) is 11.6. The molecule has 2 N–H and O–H groups in total. The number of ether oxygens (including phenoxy) is 1. The maximum absolute atomic E-state index is 11.9. The average Bonchev–Trinajstić information content (AvgIpc) is 3.35. The van der Waals surface area contributed by atoms with Crippen molar-refractivity contribution in [3.8, 4) is 0 Å². The highest BCUT2D eigenvalue weighted by atomic mass is 16.5. The fourth-order valence-electron chi connectivity index (χ4n) is 5.23. The zero-order chi connectivity index (χ0) is 20.7. The van der Waals surface area contributed by atoms with Crippen LogP contribution in [0.1, 0.15) is 64.1 Å². The molecule has 164 valence electrons. The quantitative estimate of drug-likeness (QED) is 0.760. The number of carbonyl (C=O) groups excluding carboxylic acids is 1. The average molecular weight is 415 g/mol. The zero-order valence-corrected chi connectivity index (χ0v) is 18.1. The Bertz CT molecular complexity index is 777. The van der Waals surface area contributed by atoms with E-state index in [0.717, 1.165) is 57.0 Å². The van der Waals surface area contributed by atoms with Gasteiger partial charge in [0.1, 0.15) is 12.1 Å². The van der Waals surface area contributed by atoms with Crippen LogP contribution < -0.4 is 15.8 Å². The number of nitrogens with one attached hydrogen (secondary N) is 2. The van der Waals surface area contributed by atoms with Crippen molar-refractivity contribution in [2.24, 2.45) is 5.92 Å². The van der Waals surface area contributed by atoms with Gasteiger partial charge in [-0.05, 0) is 39.0 Å². The van der Waals surface area contributed by atoms with Gasteiger partial charge in [-0.3, -0.25) is 10.2 Å². The van der Waals surface area contributed by atoms with Crippen molar-refractivity contribution in [3.05, 3.63) is 18.1 Å². The van der Waals surface area contributed by atoms with Crippen molar-refractivity contribution < 1.29 is 9.53 Å². The van der Waals surface area contributed by atoms with Gasteiger partial charge in [-0.1, -0.05) is 6.92 Å². The van der Waals surface area contributed by atoms with Crippen LogP contribution in [0.2, 0.25) is 0 Å². The minimum absolute atomic E-state index is 0.135. The smallest absolute Gasteiger partial charge is 0.222 e. The lowest BCUT2D eigenvalue weighted by molar-refractivity contribution is -0.131. The van der Waals surface area contributed by atoms with Crippen molar-refractivity contribution in [2.45, 2.75) is 76.2 Å². The minimum Gasteiger partial charge on any atom is -0.372 e. The molecule has 1 amide bonds. The summed E-state index contributed by atoms with van der Waals surface area (Å²) in [5.74, 6) is 1.68. The van der Waals surface area contributed by atoms with E-state index in [1.807, 2.05) is 11.8 Å². The molecule has 8 nitrogen and oxygen atoms in total. The summed E-state index contributed by atoms with van der Waals surface area (Å²) < 4.78 is 6.41. The number of piperazine rings is 1. The lowest BCUT2D eigenvalue weighted by Crippen LogP contribution is -2.48. The molecule has 2 saturated carbocycles. The number of aromatic nitrogens is 2. The fraction of sp³-hybridized carbons (Fsp3) is 0.773. The van der Waals surface area contributed by atoms with Crippen molar-refractivity contribution >= 4 is 11.7 Å². The Balaban J connectivity index is 1.25. The summed E-state index contributed by atoms with van der Waals surface area (Å²) >= 11 is 0. The van der Waals surface area contributed by atoms with Crippen molar-refractivity contribution in [1.29, 1.82) is 0 Å². The van der Waals surface area contributed by atoms with Crippen LogP contribution in [0, 0.1) is 5.92 Å². The zero-order valence-electron chi connectivity index (χ0n) is 18.1. The highest BCUT2D eigenvalue weighted by Crippen LogP contribution is 2.45. The van der Waals surface area contributed by atoms with Crippen LogP contribution >= 0.6 is 0 Å². The molecule has 3 heterocycles. The first kappa shape index (κ1) is 20.2. The molecular formula is C22H34N6O2. The van der Waals surface area contributed by atoms with E-state index >= 15 is 0 Å². The van der Waals surface area contributed by atoms with Crippen molar-refractivity contribution in [3.63, 3.8) is 0 Å². The van der Waals surface area contributed by atoms with Gasteiger partial charge in [-0.25, -0.2) is 15.4 Å². The molecule has 4 fully saturated rings. The Kier molecular flexibility index (Phi) is 5.41. The predicted molar refractivity (Wildman–Crippen MR) is 114 cm³/mol. The Morgan fingerprint density at radius 2 is 2.00 bits per heavy atom. The minimum atomic E-state index is 0.135. The number of hydrazine groups is 1. The van der Waals surface area contributed by atoms with Crippen molar-refractivity contribution in [1.82, 2.24) is 25.7 Å². The molecule has 2 aliphatic heterocycles. The van der Waals surface area contributed by atoms with Gasteiger partial charge in [0.25, 0.3) is 0 Å². The molecule has 1 aromatic heterocycles. The summed E-state index contributed by atoms with van der Waals surface area (Å²) in [6.45, 7) is 7.33. The molecule has 8 heteroatoms. The Labute approximate surface area is 178 Å². The van der Waals surface area contributed by atoms with Crippen LogP contribution in [0.15, 0.2) is 12.4 Å². The van der Waals surface area contributed by atoms with E-state index in [-0.39, 0.29) is 17.6 Å². The third kappa shape index (κ3) is 4.05. The number of hydrogen-bond acceptors (Lipinski definition) is 7. The van der Waals surface area contributed by atoms with E-state index in [9.17, 15) is 4.79 Å². The second-order valence-corrected chi connectivity index (χ2v) is 9.56. The first-order valence-corrected chi connectivity index (χ1v) is 11.6. The van der Waals surface area contributed by atoms with E-state index in [4.69, 9.17) is 4.74 Å². The molecule has 2 saturated heterocycles. The standard InChI is InChI=1S/C22H34N6O2/c1-3-20(29)28-10-8-27(9-11-28)19-13-18(23-14-24-19)21-16-12-15(30-22(2)6-7-22)4-5-17(16)25-26-21/h13-17,21,25-26H,3-12H2,1-2H3. The van der Waals surface area contributed by atoms with Crippen LogP contribution in [0.4, 0.5) is 5.82 Å². The lowest BCUT2D eigenvalue weighted by atomic mass is 9.79. The van der Waals surface area contributed by atoms with Gasteiger partial charge in [0.15, 0.2) is 0 Å². The molecule has 0 radical (unpaired) electrons. The highest BCUT2D eigenvalue weighted by Gasteiger charge is 2.46. The number of amides is 1. The van der Waals surface area contributed by atoms with Gasteiger partial charge in [0.2, 0.25) is 5.91 Å². The molecule has 30 heavy (non-hydrogen) atoms. The maximum atomic E-state index is 11.9. The lowest BCUT2D eigenvalue weighted by Gasteiger charge is -2.36. The summed E-state index contributed by atoms with van der Waals surface area (Å²) in [6.07, 6.45) is 8.35. The number of fused-ring (bicyclic) bond motifs is 1. The van der Waals surface area contributed by atoms with Gasteiger partial charge in [0.05, 0.1) is 23.4 Å². The van der Waals surface area contributed by atoms with Crippen molar-refractivity contribution in [2.75, 3.05) is 31.1 Å². The number of rotatable bonds is 5. The Hall–Kier alpha value is -1.77. The predicted octanol–water partition coefficient (Wildman–Crippen LogP) is 1.79. The van der Waals surface area contributed by atoms with E-state index in [1.165, 1.54) is 12.8 Å². The first-order chi connectivity index (χ1) is 14.5. The molecule has 4 aliphatic rings. The maximum Gasteiger partial charge on any atom is 0.222 e. The Morgan fingerprint density at radius 1 is 1.20 bits per heavy atom. The molecule has 5 rings (SSSR count). The van der Waals surface area contributed by atoms with Gasteiger partial charge < -0.3 is 14.5 Å². The van der Waals surface area contributed by atoms with Crippen LogP contribution in [0.3, 0.4) is 0 Å². The molecule has 4 atom stereocenters. The van der Waals surface area contributed by atoms with Crippen LogP contribution in [0.25, 0.3) is 0 Å². The van der Waals surface area contributed by atoms with Gasteiger partial charge in [-0.2, -0.15) is 0 Å². The summed E-state index contributed by atoms with van der Waals surface area (Å²) in [5, 5.41) is 0. The monoisotopic (exact) mass is 414 g/mol. The van der Waals surface area contributed by atoms with Crippen LogP contribution in [-0.2, 0) is 9.53 Å².